The van der Waals surface area contributed by atoms with Gasteiger partial charge in [-0.05, 0) is 18.2 Å². The van der Waals surface area contributed by atoms with Crippen LogP contribution in [-0.4, -0.2) is 24.1 Å². The van der Waals surface area contributed by atoms with Gasteiger partial charge in [-0.15, -0.1) is 0 Å². The number of amides is 1. The molecule has 3 rings (SSSR count). The smallest absolute Gasteiger partial charge is 0.337 e. The number of carbonyl (C=O) groups is 2. The Balaban J connectivity index is 1.70. The summed E-state index contributed by atoms with van der Waals surface area (Å²) in [5.74, 6) is -0.262. The Hall–Kier alpha value is -3.12. The van der Waals surface area contributed by atoms with E-state index in [0.29, 0.717) is 27.7 Å². The molecule has 1 amide bonds. The van der Waals surface area contributed by atoms with Crippen LogP contribution in [0.2, 0.25) is 5.02 Å². The number of carbonyl (C=O) groups excluding carboxylic acids is 2. The SMILES string of the molecule is COC(=O)c1ccc(Cl)c(NC(=O)Cc2cc(-c3ccccc3)on2)c1. The van der Waals surface area contributed by atoms with Crippen LogP contribution in [0.3, 0.4) is 0 Å². The molecule has 6 nitrogen and oxygen atoms in total. The average molecular weight is 371 g/mol. The van der Waals surface area contributed by atoms with Gasteiger partial charge in [-0.25, -0.2) is 4.79 Å². The molecular formula is C19H15ClN2O4. The van der Waals surface area contributed by atoms with Crippen LogP contribution in [0.25, 0.3) is 11.3 Å². The van der Waals surface area contributed by atoms with E-state index in [1.807, 2.05) is 30.3 Å². The third kappa shape index (κ3) is 4.10. The Morgan fingerprint density at radius 3 is 2.65 bits per heavy atom. The van der Waals surface area contributed by atoms with Crippen LogP contribution in [0.4, 0.5) is 5.69 Å². The number of anilines is 1. The summed E-state index contributed by atoms with van der Waals surface area (Å²) in [6.07, 6.45) is 0.00904. The maximum atomic E-state index is 12.3. The number of halogens is 1. The van der Waals surface area contributed by atoms with Crippen molar-refractivity contribution in [3.8, 4) is 11.3 Å². The molecule has 0 aliphatic carbocycles. The molecule has 0 bridgehead atoms. The third-order valence-corrected chi connectivity index (χ3v) is 3.95. The zero-order chi connectivity index (χ0) is 18.5. The van der Waals surface area contributed by atoms with E-state index in [0.717, 1.165) is 5.56 Å². The summed E-state index contributed by atoms with van der Waals surface area (Å²) in [6, 6.07) is 15.7. The van der Waals surface area contributed by atoms with E-state index in [9.17, 15) is 9.59 Å². The Labute approximate surface area is 154 Å². The van der Waals surface area contributed by atoms with Gasteiger partial charge in [0.25, 0.3) is 0 Å². The number of ether oxygens (including phenoxy) is 1. The molecule has 0 aliphatic rings. The van der Waals surface area contributed by atoms with Crippen LogP contribution < -0.4 is 5.32 Å². The normalized spacial score (nSPS) is 10.4. The lowest BCUT2D eigenvalue weighted by molar-refractivity contribution is -0.115. The Bertz CT molecular complexity index is 938. The number of rotatable bonds is 5. The summed E-state index contributed by atoms with van der Waals surface area (Å²) in [6.45, 7) is 0. The van der Waals surface area contributed by atoms with Crippen LogP contribution in [0.5, 0.6) is 0 Å². The minimum Gasteiger partial charge on any atom is -0.465 e. The number of hydrogen-bond acceptors (Lipinski definition) is 5. The van der Waals surface area contributed by atoms with E-state index in [-0.39, 0.29) is 12.3 Å². The first-order valence-electron chi connectivity index (χ1n) is 7.75. The molecular weight excluding hydrogens is 356 g/mol. The summed E-state index contributed by atoms with van der Waals surface area (Å²) < 4.78 is 9.93. The molecule has 0 fully saturated rings. The van der Waals surface area contributed by atoms with Crippen molar-refractivity contribution in [1.82, 2.24) is 5.16 Å². The highest BCUT2D eigenvalue weighted by Gasteiger charge is 2.14. The maximum absolute atomic E-state index is 12.3. The molecule has 0 saturated carbocycles. The van der Waals surface area contributed by atoms with Gasteiger partial charge < -0.3 is 14.6 Å². The summed E-state index contributed by atoms with van der Waals surface area (Å²) in [4.78, 5) is 23.9. The van der Waals surface area contributed by atoms with E-state index < -0.39 is 5.97 Å². The third-order valence-electron chi connectivity index (χ3n) is 3.62. The molecule has 0 radical (unpaired) electrons. The second-order valence-corrected chi connectivity index (χ2v) is 5.87. The monoisotopic (exact) mass is 370 g/mol. The number of nitrogens with zero attached hydrogens (tertiary/aromatic N) is 1. The Morgan fingerprint density at radius 1 is 1.15 bits per heavy atom. The molecule has 1 heterocycles. The first-order chi connectivity index (χ1) is 12.6. The van der Waals surface area contributed by atoms with Crippen molar-refractivity contribution < 1.29 is 18.8 Å². The molecule has 0 unspecified atom stereocenters. The van der Waals surface area contributed by atoms with Crippen molar-refractivity contribution in [1.29, 1.82) is 0 Å². The predicted octanol–water partition coefficient (Wildman–Crippen LogP) is 3.96. The van der Waals surface area contributed by atoms with Gasteiger partial charge in [-0.1, -0.05) is 47.1 Å². The molecule has 3 aromatic rings. The van der Waals surface area contributed by atoms with Crippen LogP contribution in [0, 0.1) is 0 Å². The number of benzene rings is 2. The van der Waals surface area contributed by atoms with Crippen LogP contribution >= 0.6 is 11.6 Å². The predicted molar refractivity (Wildman–Crippen MR) is 97.1 cm³/mol. The molecule has 0 aliphatic heterocycles. The fraction of sp³-hybridized carbons (Fsp3) is 0.105. The van der Waals surface area contributed by atoms with Crippen LogP contribution in [-0.2, 0) is 16.0 Å². The highest BCUT2D eigenvalue weighted by molar-refractivity contribution is 6.33. The molecule has 0 saturated heterocycles. The van der Waals surface area contributed by atoms with Crippen LogP contribution in [0.1, 0.15) is 16.1 Å². The van der Waals surface area contributed by atoms with Crippen molar-refractivity contribution in [3.05, 3.63) is 70.9 Å². The van der Waals surface area contributed by atoms with Gasteiger partial charge in [0.05, 0.1) is 35.5 Å². The second kappa shape index (κ2) is 7.84. The van der Waals surface area contributed by atoms with E-state index in [2.05, 4.69) is 15.2 Å². The zero-order valence-corrected chi connectivity index (χ0v) is 14.6. The maximum Gasteiger partial charge on any atom is 0.337 e. The molecule has 7 heteroatoms. The van der Waals surface area contributed by atoms with Gasteiger partial charge in [0, 0.05) is 11.6 Å². The highest BCUT2D eigenvalue weighted by atomic mass is 35.5. The molecule has 1 N–H and O–H groups in total. The molecule has 26 heavy (non-hydrogen) atoms. The lowest BCUT2D eigenvalue weighted by Crippen LogP contribution is -2.15. The summed E-state index contributed by atoms with van der Waals surface area (Å²) >= 11 is 6.07. The Morgan fingerprint density at radius 2 is 1.92 bits per heavy atom. The molecule has 132 valence electrons. The summed E-state index contributed by atoms with van der Waals surface area (Å²) in [7, 11) is 1.28. The molecule has 1 aromatic heterocycles. The van der Waals surface area contributed by atoms with Gasteiger partial charge >= 0.3 is 5.97 Å². The van der Waals surface area contributed by atoms with E-state index in [1.54, 1.807) is 6.07 Å². The van der Waals surface area contributed by atoms with E-state index in [4.69, 9.17) is 16.1 Å². The standard InChI is InChI=1S/C19H15ClN2O4/c1-25-19(24)13-7-8-15(20)16(9-13)21-18(23)11-14-10-17(26-22-14)12-5-3-2-4-6-12/h2-10H,11H2,1H3,(H,21,23). The zero-order valence-electron chi connectivity index (χ0n) is 13.9. The Kier molecular flexibility index (Phi) is 5.34. The average Bonchev–Trinajstić information content (AvgIpc) is 3.12. The topological polar surface area (TPSA) is 81.4 Å². The molecule has 0 atom stereocenters. The van der Waals surface area contributed by atoms with Gasteiger partial charge in [0.2, 0.25) is 5.91 Å². The fourth-order valence-corrected chi connectivity index (χ4v) is 2.52. The molecule has 0 spiro atoms. The fourth-order valence-electron chi connectivity index (χ4n) is 2.36. The van der Waals surface area contributed by atoms with Crippen LogP contribution in [0.15, 0.2) is 59.1 Å². The van der Waals surface area contributed by atoms with Gasteiger partial charge in [-0.3, -0.25) is 4.79 Å². The van der Waals surface area contributed by atoms with Gasteiger partial charge in [0.15, 0.2) is 5.76 Å². The van der Waals surface area contributed by atoms with Gasteiger partial charge in [0.1, 0.15) is 0 Å². The van der Waals surface area contributed by atoms with Crippen molar-refractivity contribution in [2.75, 3.05) is 12.4 Å². The van der Waals surface area contributed by atoms with Gasteiger partial charge in [-0.2, -0.15) is 0 Å². The number of esters is 1. The number of methoxy groups -OCH3 is 1. The summed E-state index contributed by atoms with van der Waals surface area (Å²) in [5, 5.41) is 6.90. The first kappa shape index (κ1) is 17.7. The van der Waals surface area contributed by atoms with Crippen molar-refractivity contribution in [2.24, 2.45) is 0 Å². The largest absolute Gasteiger partial charge is 0.465 e. The number of hydrogen-bond donors (Lipinski definition) is 1. The highest BCUT2D eigenvalue weighted by Crippen LogP contribution is 2.24. The van der Waals surface area contributed by atoms with E-state index in [1.165, 1.54) is 25.3 Å². The number of nitrogens with one attached hydrogen (secondary N) is 1. The quantitative estimate of drug-likeness (QED) is 0.687. The number of aromatic nitrogens is 1. The minimum absolute atomic E-state index is 0.00904. The first-order valence-corrected chi connectivity index (χ1v) is 8.13. The van der Waals surface area contributed by atoms with Crippen molar-refractivity contribution >= 4 is 29.2 Å². The molecule has 2 aromatic carbocycles. The second-order valence-electron chi connectivity index (χ2n) is 5.46. The lowest BCUT2D eigenvalue weighted by Gasteiger charge is -2.08. The van der Waals surface area contributed by atoms with Crippen molar-refractivity contribution in [2.45, 2.75) is 6.42 Å². The minimum atomic E-state index is -0.513. The van der Waals surface area contributed by atoms with Crippen molar-refractivity contribution in [3.63, 3.8) is 0 Å². The van der Waals surface area contributed by atoms with E-state index >= 15 is 0 Å². The lowest BCUT2D eigenvalue weighted by atomic mass is 10.1. The summed E-state index contributed by atoms with van der Waals surface area (Å²) in [5.41, 5.74) is 1.98.